The highest BCUT2D eigenvalue weighted by atomic mass is 19.3. The number of hydrogen-bond donors (Lipinski definition) is 2. The Labute approximate surface area is 96.1 Å². The number of aliphatic hydroxyl groups is 1. The Balaban J connectivity index is 2.83. The summed E-state index contributed by atoms with van der Waals surface area (Å²) in [5, 5.41) is 15.8. The topological polar surface area (TPSA) is 92.3 Å². The molecule has 0 aliphatic carbocycles. The summed E-state index contributed by atoms with van der Waals surface area (Å²) in [6.45, 7) is -0.841. The third-order valence-electron chi connectivity index (χ3n) is 1.96. The minimum Gasteiger partial charge on any atom is -0.395 e. The summed E-state index contributed by atoms with van der Waals surface area (Å²) in [4.78, 5) is 11.9. The number of amides is 1. The van der Waals surface area contributed by atoms with E-state index >= 15 is 0 Å². The third kappa shape index (κ3) is 3.91. The number of carbonyl (C=O) groups excluding carboxylic acids is 1. The van der Waals surface area contributed by atoms with Crippen LogP contribution in [-0.2, 0) is 0 Å². The van der Waals surface area contributed by atoms with Gasteiger partial charge in [0, 0.05) is 6.54 Å². The van der Waals surface area contributed by atoms with Crippen molar-refractivity contribution in [1.82, 2.24) is 10.2 Å². The SMILES string of the molecule is NC(=O)c1ccc(N(CCO)CC(F)F)nn1. The molecule has 0 aliphatic rings. The smallest absolute Gasteiger partial charge is 0.269 e. The van der Waals surface area contributed by atoms with Crippen molar-refractivity contribution >= 4 is 11.7 Å². The highest BCUT2D eigenvalue weighted by molar-refractivity contribution is 5.90. The quantitative estimate of drug-likeness (QED) is 0.715. The minimum absolute atomic E-state index is 0.00887. The summed E-state index contributed by atoms with van der Waals surface area (Å²) in [6.07, 6.45) is -2.56. The number of aliphatic hydroxyl groups excluding tert-OH is 1. The first-order valence-electron chi connectivity index (χ1n) is 4.82. The summed E-state index contributed by atoms with van der Waals surface area (Å²) in [7, 11) is 0. The second-order valence-corrected chi connectivity index (χ2v) is 3.20. The summed E-state index contributed by atoms with van der Waals surface area (Å²) in [5.74, 6) is -0.587. The fourth-order valence-corrected chi connectivity index (χ4v) is 1.21. The van der Waals surface area contributed by atoms with E-state index in [1.54, 1.807) is 0 Å². The van der Waals surface area contributed by atoms with Crippen LogP contribution in [0.1, 0.15) is 10.5 Å². The van der Waals surface area contributed by atoms with Gasteiger partial charge in [-0.2, -0.15) is 0 Å². The number of nitrogens with two attached hydrogens (primary N) is 1. The van der Waals surface area contributed by atoms with Crippen LogP contribution in [0, 0.1) is 0 Å². The Morgan fingerprint density at radius 3 is 2.59 bits per heavy atom. The molecule has 1 heterocycles. The average molecular weight is 246 g/mol. The van der Waals surface area contributed by atoms with Crippen molar-refractivity contribution in [2.75, 3.05) is 24.6 Å². The monoisotopic (exact) mass is 246 g/mol. The van der Waals surface area contributed by atoms with Crippen LogP contribution in [0.4, 0.5) is 14.6 Å². The van der Waals surface area contributed by atoms with Crippen molar-refractivity contribution in [2.24, 2.45) is 5.73 Å². The molecule has 1 rings (SSSR count). The summed E-state index contributed by atoms with van der Waals surface area (Å²) in [6, 6.07) is 2.64. The van der Waals surface area contributed by atoms with E-state index in [2.05, 4.69) is 10.2 Å². The summed E-state index contributed by atoms with van der Waals surface area (Å²) in [5.41, 5.74) is 4.92. The lowest BCUT2D eigenvalue weighted by atomic mass is 10.3. The Bertz CT molecular complexity index is 372. The third-order valence-corrected chi connectivity index (χ3v) is 1.96. The molecule has 6 nitrogen and oxygen atoms in total. The van der Waals surface area contributed by atoms with Crippen LogP contribution in [0.2, 0.25) is 0 Å². The number of anilines is 1. The van der Waals surface area contributed by atoms with Gasteiger partial charge in [0.2, 0.25) is 0 Å². The number of aromatic nitrogens is 2. The second-order valence-electron chi connectivity index (χ2n) is 3.20. The molecule has 8 heteroatoms. The maximum Gasteiger partial charge on any atom is 0.269 e. The molecule has 0 saturated carbocycles. The van der Waals surface area contributed by atoms with Crippen LogP contribution in [0.25, 0.3) is 0 Å². The molecular formula is C9H12F2N4O2. The number of primary amides is 1. The number of halogens is 2. The second kappa shape index (κ2) is 6.04. The van der Waals surface area contributed by atoms with Crippen LogP contribution in [0.3, 0.4) is 0 Å². The molecule has 0 aliphatic heterocycles. The molecular weight excluding hydrogens is 234 g/mol. The van der Waals surface area contributed by atoms with Crippen LogP contribution in [-0.4, -0.2) is 47.3 Å². The average Bonchev–Trinajstić information content (AvgIpc) is 2.28. The number of rotatable bonds is 6. The first-order valence-corrected chi connectivity index (χ1v) is 4.82. The molecule has 94 valence electrons. The normalized spacial score (nSPS) is 10.6. The van der Waals surface area contributed by atoms with Crippen molar-refractivity contribution in [2.45, 2.75) is 6.43 Å². The molecule has 0 aromatic carbocycles. The van der Waals surface area contributed by atoms with E-state index < -0.39 is 18.9 Å². The molecule has 0 atom stereocenters. The first kappa shape index (κ1) is 13.2. The van der Waals surface area contributed by atoms with E-state index in [0.717, 1.165) is 0 Å². The maximum atomic E-state index is 12.3. The Morgan fingerprint density at radius 1 is 1.47 bits per heavy atom. The summed E-state index contributed by atoms with van der Waals surface area (Å²) < 4.78 is 24.5. The molecule has 0 bridgehead atoms. The van der Waals surface area contributed by atoms with Gasteiger partial charge < -0.3 is 15.7 Å². The van der Waals surface area contributed by atoms with Crippen molar-refractivity contribution in [3.63, 3.8) is 0 Å². The number of hydrogen-bond acceptors (Lipinski definition) is 5. The van der Waals surface area contributed by atoms with Gasteiger partial charge in [0.1, 0.15) is 0 Å². The largest absolute Gasteiger partial charge is 0.395 e. The van der Waals surface area contributed by atoms with Crippen molar-refractivity contribution < 1.29 is 18.7 Å². The lowest BCUT2D eigenvalue weighted by Crippen LogP contribution is -2.32. The lowest BCUT2D eigenvalue weighted by molar-refractivity contribution is 0.0994. The van der Waals surface area contributed by atoms with Gasteiger partial charge in [-0.1, -0.05) is 0 Å². The highest BCUT2D eigenvalue weighted by Crippen LogP contribution is 2.11. The van der Waals surface area contributed by atoms with Gasteiger partial charge in [0.15, 0.2) is 11.5 Å². The zero-order chi connectivity index (χ0) is 12.8. The van der Waals surface area contributed by atoms with E-state index in [9.17, 15) is 13.6 Å². The van der Waals surface area contributed by atoms with Gasteiger partial charge in [-0.05, 0) is 12.1 Å². The fourth-order valence-electron chi connectivity index (χ4n) is 1.21. The molecule has 0 saturated heterocycles. The first-order chi connectivity index (χ1) is 8.04. The molecule has 3 N–H and O–H groups in total. The fraction of sp³-hybridized carbons (Fsp3) is 0.444. The Kier molecular flexibility index (Phi) is 4.70. The molecule has 1 amide bonds. The molecule has 0 radical (unpaired) electrons. The maximum absolute atomic E-state index is 12.3. The van der Waals surface area contributed by atoms with Crippen molar-refractivity contribution in [3.8, 4) is 0 Å². The molecule has 0 spiro atoms. The standard InChI is InChI=1S/C9H12F2N4O2/c10-7(11)5-15(3-4-16)8-2-1-6(9(12)17)13-14-8/h1-2,7,16H,3-5H2,(H2,12,17). The van der Waals surface area contributed by atoms with Crippen LogP contribution < -0.4 is 10.6 Å². The van der Waals surface area contributed by atoms with Gasteiger partial charge in [-0.3, -0.25) is 4.79 Å². The minimum atomic E-state index is -2.56. The zero-order valence-corrected chi connectivity index (χ0v) is 8.88. The van der Waals surface area contributed by atoms with Crippen LogP contribution in [0.5, 0.6) is 0 Å². The Morgan fingerprint density at radius 2 is 2.18 bits per heavy atom. The van der Waals surface area contributed by atoms with Crippen molar-refractivity contribution in [1.29, 1.82) is 0 Å². The van der Waals surface area contributed by atoms with E-state index in [1.165, 1.54) is 17.0 Å². The van der Waals surface area contributed by atoms with Crippen molar-refractivity contribution in [3.05, 3.63) is 17.8 Å². The molecule has 0 unspecified atom stereocenters. The number of nitrogens with zero attached hydrogens (tertiary/aromatic N) is 3. The van der Waals surface area contributed by atoms with E-state index in [-0.39, 0.29) is 24.7 Å². The van der Waals surface area contributed by atoms with Gasteiger partial charge >= 0.3 is 0 Å². The number of carbonyl (C=O) groups is 1. The molecule has 1 aromatic heterocycles. The predicted molar refractivity (Wildman–Crippen MR) is 55.9 cm³/mol. The molecule has 1 aromatic rings. The van der Waals surface area contributed by atoms with Gasteiger partial charge in [-0.25, -0.2) is 8.78 Å². The van der Waals surface area contributed by atoms with E-state index in [0.29, 0.717) is 0 Å². The predicted octanol–water partition coefficient (Wildman–Crippen LogP) is -0.361. The van der Waals surface area contributed by atoms with Crippen LogP contribution in [0.15, 0.2) is 12.1 Å². The summed E-state index contributed by atoms with van der Waals surface area (Å²) >= 11 is 0. The highest BCUT2D eigenvalue weighted by Gasteiger charge is 2.14. The van der Waals surface area contributed by atoms with Gasteiger partial charge in [0.05, 0.1) is 13.2 Å². The van der Waals surface area contributed by atoms with Crippen LogP contribution >= 0.6 is 0 Å². The zero-order valence-electron chi connectivity index (χ0n) is 8.88. The molecule has 0 fully saturated rings. The van der Waals surface area contributed by atoms with E-state index in [1.807, 2.05) is 0 Å². The van der Waals surface area contributed by atoms with Gasteiger partial charge in [0.25, 0.3) is 12.3 Å². The van der Waals surface area contributed by atoms with E-state index in [4.69, 9.17) is 10.8 Å². The number of alkyl halides is 2. The lowest BCUT2D eigenvalue weighted by Gasteiger charge is -2.21. The van der Waals surface area contributed by atoms with Gasteiger partial charge in [-0.15, -0.1) is 10.2 Å². The molecule has 17 heavy (non-hydrogen) atoms. The Hall–Kier alpha value is -1.83.